The highest BCUT2D eigenvalue weighted by Crippen LogP contribution is 2.25. The van der Waals surface area contributed by atoms with Gasteiger partial charge in [-0.3, -0.25) is 0 Å². The highest BCUT2D eigenvalue weighted by atomic mass is 32.2. The minimum absolute atomic E-state index is 0.225. The Morgan fingerprint density at radius 1 is 1.06 bits per heavy atom. The Morgan fingerprint density at radius 2 is 1.88 bits per heavy atom. The summed E-state index contributed by atoms with van der Waals surface area (Å²) >= 11 is 0. The molecule has 4 rings (SSSR count). The van der Waals surface area contributed by atoms with Gasteiger partial charge in [0.1, 0.15) is 6.33 Å². The summed E-state index contributed by atoms with van der Waals surface area (Å²) in [5.74, 6) is 0.832. The molecule has 2 heterocycles. The number of aromatic nitrogens is 3. The predicted octanol–water partition coefficient (Wildman–Crippen LogP) is 2.87. The second-order valence-corrected chi connectivity index (χ2v) is 9.43. The van der Waals surface area contributed by atoms with Gasteiger partial charge in [0.25, 0.3) is 0 Å². The molecule has 1 aliphatic rings. The van der Waals surface area contributed by atoms with Crippen LogP contribution in [0.1, 0.15) is 24.8 Å². The molecule has 1 fully saturated rings. The Kier molecular flexibility index (Phi) is 6.81. The molecular formula is C22H27N7O2S. The van der Waals surface area contributed by atoms with Crippen LogP contribution in [-0.2, 0) is 15.8 Å². The third-order valence-corrected chi connectivity index (χ3v) is 6.06. The molecule has 1 aromatic heterocycles. The van der Waals surface area contributed by atoms with Gasteiger partial charge in [0.05, 0.1) is 5.75 Å². The number of para-hydroxylation sites is 1. The van der Waals surface area contributed by atoms with Crippen LogP contribution in [0.4, 0.5) is 23.3 Å². The molecule has 9 nitrogen and oxygen atoms in total. The molecule has 1 aliphatic heterocycles. The Morgan fingerprint density at radius 3 is 2.69 bits per heavy atom. The standard InChI is InChI=1S/C22H27N7O2S/c23-32(30,31)15-17-6-4-9-19(14-17)27-21-25-16-26-22(28-21)29-13-5-10-20(29)11-12-24-18-7-2-1-3-8-18/h1-4,6-9,14,16,20,24H,5,10-13,15H2,(H2,23,30,31)(H,25,26,27,28)/t20-/m1/s1. The van der Waals surface area contributed by atoms with Gasteiger partial charge in [-0.25, -0.2) is 23.5 Å². The van der Waals surface area contributed by atoms with Gasteiger partial charge in [-0.15, -0.1) is 0 Å². The normalized spacial score (nSPS) is 16.2. The van der Waals surface area contributed by atoms with Gasteiger partial charge in [-0.2, -0.15) is 4.98 Å². The van der Waals surface area contributed by atoms with Crippen LogP contribution in [0.2, 0.25) is 0 Å². The van der Waals surface area contributed by atoms with Crippen molar-refractivity contribution in [3.05, 3.63) is 66.5 Å². The largest absolute Gasteiger partial charge is 0.385 e. The van der Waals surface area contributed by atoms with Crippen LogP contribution >= 0.6 is 0 Å². The molecule has 0 bridgehead atoms. The van der Waals surface area contributed by atoms with E-state index < -0.39 is 10.0 Å². The van der Waals surface area contributed by atoms with Crippen LogP contribution in [0.25, 0.3) is 0 Å². The van der Waals surface area contributed by atoms with E-state index in [4.69, 9.17) is 5.14 Å². The number of nitrogens with two attached hydrogens (primary N) is 1. The predicted molar refractivity (Wildman–Crippen MR) is 126 cm³/mol. The lowest BCUT2D eigenvalue weighted by molar-refractivity contribution is 0.597. The Bertz CT molecular complexity index is 1140. The molecule has 10 heteroatoms. The molecule has 168 valence electrons. The van der Waals surface area contributed by atoms with Crippen molar-refractivity contribution < 1.29 is 8.42 Å². The number of sulfonamides is 1. The fraction of sp³-hybridized carbons (Fsp3) is 0.318. The maximum absolute atomic E-state index is 11.4. The van der Waals surface area contributed by atoms with Gasteiger partial charge >= 0.3 is 0 Å². The first-order valence-corrected chi connectivity index (χ1v) is 12.3. The topological polar surface area (TPSA) is 126 Å². The molecule has 0 radical (unpaired) electrons. The SMILES string of the molecule is NS(=O)(=O)Cc1cccc(Nc2ncnc(N3CCC[C@@H]3CCNc3ccccc3)n2)c1. The van der Waals surface area contributed by atoms with Gasteiger partial charge in [0.2, 0.25) is 21.9 Å². The number of nitrogens with one attached hydrogen (secondary N) is 2. The van der Waals surface area contributed by atoms with E-state index in [-0.39, 0.29) is 5.75 Å². The van der Waals surface area contributed by atoms with E-state index in [9.17, 15) is 8.42 Å². The van der Waals surface area contributed by atoms with Gasteiger partial charge in [0.15, 0.2) is 0 Å². The zero-order valence-electron chi connectivity index (χ0n) is 17.7. The van der Waals surface area contributed by atoms with E-state index in [0.29, 0.717) is 29.2 Å². The van der Waals surface area contributed by atoms with Crippen LogP contribution in [-0.4, -0.2) is 42.5 Å². The average molecular weight is 454 g/mol. The van der Waals surface area contributed by atoms with Crippen molar-refractivity contribution in [2.24, 2.45) is 5.14 Å². The first kappa shape index (κ1) is 22.0. The van der Waals surface area contributed by atoms with Crippen LogP contribution in [0.5, 0.6) is 0 Å². The zero-order chi connectivity index (χ0) is 22.4. The third-order valence-electron chi connectivity index (χ3n) is 5.32. The molecule has 3 aromatic rings. The number of nitrogens with zero attached hydrogens (tertiary/aromatic N) is 4. The minimum Gasteiger partial charge on any atom is -0.385 e. The van der Waals surface area contributed by atoms with Crippen molar-refractivity contribution in [3.63, 3.8) is 0 Å². The second kappa shape index (κ2) is 9.92. The van der Waals surface area contributed by atoms with Crippen molar-refractivity contribution >= 4 is 33.3 Å². The summed E-state index contributed by atoms with van der Waals surface area (Å²) in [5.41, 5.74) is 2.40. The monoisotopic (exact) mass is 453 g/mol. The summed E-state index contributed by atoms with van der Waals surface area (Å²) in [7, 11) is -3.60. The van der Waals surface area contributed by atoms with Gasteiger partial charge in [0, 0.05) is 30.5 Å². The van der Waals surface area contributed by atoms with Crippen LogP contribution in [0, 0.1) is 0 Å². The van der Waals surface area contributed by atoms with Crippen LogP contribution in [0.15, 0.2) is 60.9 Å². The Labute approximate surface area is 188 Å². The number of rotatable bonds is 9. The quantitative estimate of drug-likeness (QED) is 0.451. The van der Waals surface area contributed by atoms with Gasteiger partial charge < -0.3 is 15.5 Å². The Hall–Kier alpha value is -3.24. The summed E-state index contributed by atoms with van der Waals surface area (Å²) in [6.07, 6.45) is 4.68. The average Bonchev–Trinajstić information content (AvgIpc) is 3.22. The first-order valence-electron chi connectivity index (χ1n) is 10.6. The van der Waals surface area contributed by atoms with Gasteiger partial charge in [-0.05, 0) is 49.1 Å². The molecule has 0 saturated carbocycles. The molecule has 1 atom stereocenters. The molecule has 4 N–H and O–H groups in total. The summed E-state index contributed by atoms with van der Waals surface area (Å²) in [6.45, 7) is 1.78. The van der Waals surface area contributed by atoms with E-state index in [2.05, 4.69) is 42.6 Å². The van der Waals surface area contributed by atoms with Crippen molar-refractivity contribution in [3.8, 4) is 0 Å². The number of benzene rings is 2. The summed E-state index contributed by atoms with van der Waals surface area (Å²) in [6, 6.07) is 17.6. The number of anilines is 4. The lowest BCUT2D eigenvalue weighted by atomic mass is 10.1. The van der Waals surface area contributed by atoms with E-state index in [1.807, 2.05) is 24.3 Å². The molecule has 32 heavy (non-hydrogen) atoms. The first-order chi connectivity index (χ1) is 15.5. The number of hydrogen-bond donors (Lipinski definition) is 3. The summed E-state index contributed by atoms with van der Waals surface area (Å²) < 4.78 is 22.7. The van der Waals surface area contributed by atoms with E-state index in [1.54, 1.807) is 18.2 Å². The smallest absolute Gasteiger partial charge is 0.231 e. The Balaban J connectivity index is 1.40. The minimum atomic E-state index is -3.60. The third kappa shape index (κ3) is 6.14. The molecule has 0 aliphatic carbocycles. The highest BCUT2D eigenvalue weighted by molar-refractivity contribution is 7.88. The number of hydrogen-bond acceptors (Lipinski definition) is 8. The lowest BCUT2D eigenvalue weighted by Crippen LogP contribution is -2.32. The van der Waals surface area contributed by atoms with E-state index in [1.165, 1.54) is 6.33 Å². The maximum atomic E-state index is 11.4. The van der Waals surface area contributed by atoms with E-state index in [0.717, 1.165) is 38.0 Å². The molecule has 0 spiro atoms. The fourth-order valence-corrected chi connectivity index (χ4v) is 4.57. The van der Waals surface area contributed by atoms with Crippen molar-refractivity contribution in [2.45, 2.75) is 31.1 Å². The van der Waals surface area contributed by atoms with Crippen LogP contribution < -0.4 is 20.7 Å². The molecule has 0 amide bonds. The van der Waals surface area contributed by atoms with Crippen LogP contribution in [0.3, 0.4) is 0 Å². The second-order valence-electron chi connectivity index (χ2n) is 7.81. The molecular weight excluding hydrogens is 426 g/mol. The lowest BCUT2D eigenvalue weighted by Gasteiger charge is -2.25. The fourth-order valence-electron chi connectivity index (χ4n) is 3.92. The van der Waals surface area contributed by atoms with Crippen molar-refractivity contribution in [2.75, 3.05) is 28.6 Å². The number of primary sulfonamides is 1. The van der Waals surface area contributed by atoms with Crippen molar-refractivity contribution in [1.29, 1.82) is 0 Å². The summed E-state index contributed by atoms with van der Waals surface area (Å²) in [4.78, 5) is 15.4. The maximum Gasteiger partial charge on any atom is 0.231 e. The molecule has 0 unspecified atom stereocenters. The van der Waals surface area contributed by atoms with E-state index >= 15 is 0 Å². The summed E-state index contributed by atoms with van der Waals surface area (Å²) in [5, 5.41) is 11.8. The highest BCUT2D eigenvalue weighted by Gasteiger charge is 2.26. The molecule has 1 saturated heterocycles. The van der Waals surface area contributed by atoms with Crippen molar-refractivity contribution in [1.82, 2.24) is 15.0 Å². The van der Waals surface area contributed by atoms with Gasteiger partial charge in [-0.1, -0.05) is 30.3 Å². The molecule has 2 aromatic carbocycles. The zero-order valence-corrected chi connectivity index (χ0v) is 18.5.